The summed E-state index contributed by atoms with van der Waals surface area (Å²) >= 11 is 4.63. The predicted octanol–water partition coefficient (Wildman–Crippen LogP) is 2.98. The molecule has 2 nitrogen and oxygen atoms in total. The van der Waals surface area contributed by atoms with Crippen molar-refractivity contribution in [1.82, 2.24) is 4.90 Å². The minimum atomic E-state index is 0.403. The average molecular weight is 257 g/mol. The molecule has 1 aliphatic heterocycles. The van der Waals surface area contributed by atoms with E-state index in [0.717, 1.165) is 12.4 Å². The van der Waals surface area contributed by atoms with Crippen LogP contribution in [0, 0.1) is 5.41 Å². The third-order valence-electron chi connectivity index (χ3n) is 4.74. The predicted molar refractivity (Wildman–Crippen MR) is 75.8 cm³/mol. The molecule has 2 atom stereocenters. The third kappa shape index (κ3) is 3.18. The Labute approximate surface area is 112 Å². The van der Waals surface area contributed by atoms with E-state index >= 15 is 0 Å². The van der Waals surface area contributed by atoms with E-state index < -0.39 is 0 Å². The lowest BCUT2D eigenvalue weighted by Crippen LogP contribution is -2.45. The molecule has 1 heterocycles. The van der Waals surface area contributed by atoms with Crippen LogP contribution in [0.2, 0.25) is 0 Å². The topological polar surface area (TPSA) is 12.5 Å². The number of nitrogens with zero attached hydrogens (tertiary/aromatic N) is 1. The fourth-order valence-electron chi connectivity index (χ4n) is 3.61. The molecule has 1 saturated carbocycles. The summed E-state index contributed by atoms with van der Waals surface area (Å²) < 4.78 is 5.68. The standard InChI is InChI=1S/C14H27NOS/c1-12-13(6-9-16-12)15(2)10-14(11-17)7-4-3-5-8-14/h12-13,17H,3-11H2,1-2H3. The molecule has 0 amide bonds. The highest BCUT2D eigenvalue weighted by Crippen LogP contribution is 2.38. The van der Waals surface area contributed by atoms with Crippen molar-refractivity contribution in [3.05, 3.63) is 0 Å². The number of hydrogen-bond acceptors (Lipinski definition) is 3. The second-order valence-electron chi connectivity index (χ2n) is 6.07. The molecule has 2 fully saturated rings. The van der Waals surface area contributed by atoms with E-state index in [0.29, 0.717) is 17.6 Å². The van der Waals surface area contributed by atoms with Crippen LogP contribution in [0.5, 0.6) is 0 Å². The summed E-state index contributed by atoms with van der Waals surface area (Å²) in [5.74, 6) is 1.04. The first-order valence-corrected chi connectivity index (χ1v) is 7.73. The van der Waals surface area contributed by atoms with Crippen LogP contribution in [-0.2, 0) is 4.74 Å². The summed E-state index contributed by atoms with van der Waals surface area (Å²) in [6.45, 7) is 4.35. The molecule has 0 spiro atoms. The Morgan fingerprint density at radius 2 is 2.00 bits per heavy atom. The van der Waals surface area contributed by atoms with E-state index in [1.165, 1.54) is 45.1 Å². The maximum absolute atomic E-state index is 5.68. The van der Waals surface area contributed by atoms with Crippen LogP contribution < -0.4 is 0 Å². The number of rotatable bonds is 4. The van der Waals surface area contributed by atoms with Gasteiger partial charge in [-0.2, -0.15) is 12.6 Å². The van der Waals surface area contributed by atoms with Crippen LogP contribution in [0.4, 0.5) is 0 Å². The van der Waals surface area contributed by atoms with Gasteiger partial charge in [0.2, 0.25) is 0 Å². The van der Waals surface area contributed by atoms with Crippen molar-refractivity contribution in [3.63, 3.8) is 0 Å². The Kier molecular flexibility index (Phi) is 4.79. The number of ether oxygens (including phenoxy) is 1. The summed E-state index contributed by atoms with van der Waals surface area (Å²) in [6, 6.07) is 0.619. The first-order valence-electron chi connectivity index (χ1n) is 7.10. The van der Waals surface area contributed by atoms with E-state index in [1.807, 2.05) is 0 Å². The van der Waals surface area contributed by atoms with Crippen LogP contribution in [0.15, 0.2) is 0 Å². The Hall–Kier alpha value is 0.270. The fourth-order valence-corrected chi connectivity index (χ4v) is 4.03. The molecule has 0 radical (unpaired) electrons. The van der Waals surface area contributed by atoms with E-state index in [-0.39, 0.29) is 0 Å². The van der Waals surface area contributed by atoms with Gasteiger partial charge in [-0.15, -0.1) is 0 Å². The van der Waals surface area contributed by atoms with Gasteiger partial charge in [0.15, 0.2) is 0 Å². The molecule has 0 aromatic heterocycles. The molecular weight excluding hydrogens is 230 g/mol. The second-order valence-corrected chi connectivity index (χ2v) is 6.38. The molecule has 100 valence electrons. The van der Waals surface area contributed by atoms with E-state index in [4.69, 9.17) is 4.74 Å². The maximum atomic E-state index is 5.68. The van der Waals surface area contributed by atoms with E-state index in [1.54, 1.807) is 0 Å². The molecule has 0 aromatic carbocycles. The molecule has 2 aliphatic rings. The summed E-state index contributed by atoms with van der Waals surface area (Å²) in [5, 5.41) is 0. The second kappa shape index (κ2) is 5.94. The minimum Gasteiger partial charge on any atom is -0.377 e. The van der Waals surface area contributed by atoms with Crippen LogP contribution in [-0.4, -0.2) is 43.0 Å². The summed E-state index contributed by atoms with van der Waals surface area (Å²) in [6.07, 6.45) is 8.53. The highest BCUT2D eigenvalue weighted by Gasteiger charge is 2.36. The molecule has 2 rings (SSSR count). The van der Waals surface area contributed by atoms with Gasteiger partial charge in [0.25, 0.3) is 0 Å². The van der Waals surface area contributed by atoms with Gasteiger partial charge in [-0.3, -0.25) is 0 Å². The minimum absolute atomic E-state index is 0.403. The van der Waals surface area contributed by atoms with Gasteiger partial charge in [-0.1, -0.05) is 19.3 Å². The largest absolute Gasteiger partial charge is 0.377 e. The van der Waals surface area contributed by atoms with Crippen LogP contribution in [0.25, 0.3) is 0 Å². The molecule has 1 aliphatic carbocycles. The first-order chi connectivity index (χ1) is 8.17. The van der Waals surface area contributed by atoms with Crippen molar-refractivity contribution in [3.8, 4) is 0 Å². The molecule has 3 heteroatoms. The van der Waals surface area contributed by atoms with Crippen LogP contribution >= 0.6 is 12.6 Å². The van der Waals surface area contributed by atoms with Gasteiger partial charge in [-0.25, -0.2) is 0 Å². The van der Waals surface area contributed by atoms with Crippen molar-refractivity contribution < 1.29 is 4.74 Å². The van der Waals surface area contributed by atoms with Crippen molar-refractivity contribution in [1.29, 1.82) is 0 Å². The monoisotopic (exact) mass is 257 g/mol. The molecule has 17 heavy (non-hydrogen) atoms. The molecule has 0 N–H and O–H groups in total. The summed E-state index contributed by atoms with van der Waals surface area (Å²) in [4.78, 5) is 2.54. The lowest BCUT2D eigenvalue weighted by atomic mass is 9.75. The van der Waals surface area contributed by atoms with Gasteiger partial charge in [0.05, 0.1) is 6.10 Å². The van der Waals surface area contributed by atoms with Crippen molar-refractivity contribution >= 4 is 12.6 Å². The molecular formula is C14H27NOS. The molecule has 1 saturated heterocycles. The lowest BCUT2D eigenvalue weighted by Gasteiger charge is -2.41. The average Bonchev–Trinajstić information content (AvgIpc) is 2.77. The Bertz CT molecular complexity index is 240. The third-order valence-corrected chi connectivity index (χ3v) is 5.41. The lowest BCUT2D eigenvalue weighted by molar-refractivity contribution is 0.0583. The Morgan fingerprint density at radius 3 is 2.53 bits per heavy atom. The van der Waals surface area contributed by atoms with Gasteiger partial charge < -0.3 is 9.64 Å². The summed E-state index contributed by atoms with van der Waals surface area (Å²) in [5.41, 5.74) is 0.471. The molecule has 0 aromatic rings. The van der Waals surface area contributed by atoms with Crippen LogP contribution in [0.1, 0.15) is 45.4 Å². The number of hydrogen-bond donors (Lipinski definition) is 1. The zero-order valence-electron chi connectivity index (χ0n) is 11.3. The summed E-state index contributed by atoms with van der Waals surface area (Å²) in [7, 11) is 2.27. The van der Waals surface area contributed by atoms with Gasteiger partial charge in [-0.05, 0) is 44.4 Å². The SMILES string of the molecule is CC1OCCC1N(C)CC1(CS)CCCCC1. The first kappa shape index (κ1) is 13.7. The van der Waals surface area contributed by atoms with Crippen LogP contribution in [0.3, 0.4) is 0 Å². The maximum Gasteiger partial charge on any atom is 0.0702 e. The smallest absolute Gasteiger partial charge is 0.0702 e. The normalized spacial score (nSPS) is 33.2. The van der Waals surface area contributed by atoms with Gasteiger partial charge >= 0.3 is 0 Å². The zero-order chi connectivity index (χ0) is 12.3. The van der Waals surface area contributed by atoms with E-state index in [9.17, 15) is 0 Å². The Balaban J connectivity index is 1.93. The van der Waals surface area contributed by atoms with E-state index in [2.05, 4.69) is 31.5 Å². The fraction of sp³-hybridized carbons (Fsp3) is 1.00. The van der Waals surface area contributed by atoms with Crippen molar-refractivity contribution in [2.75, 3.05) is 26.0 Å². The quantitative estimate of drug-likeness (QED) is 0.777. The number of thiol groups is 1. The van der Waals surface area contributed by atoms with Gasteiger partial charge in [0.1, 0.15) is 0 Å². The number of likely N-dealkylation sites (N-methyl/N-ethyl adjacent to an activating group) is 1. The van der Waals surface area contributed by atoms with Crippen molar-refractivity contribution in [2.24, 2.45) is 5.41 Å². The van der Waals surface area contributed by atoms with Gasteiger partial charge in [0, 0.05) is 19.2 Å². The molecule has 2 unspecified atom stereocenters. The highest BCUT2D eigenvalue weighted by atomic mass is 32.1. The highest BCUT2D eigenvalue weighted by molar-refractivity contribution is 7.80. The molecule has 0 bridgehead atoms. The Morgan fingerprint density at radius 1 is 1.29 bits per heavy atom. The van der Waals surface area contributed by atoms with Crippen molar-refractivity contribution in [2.45, 2.75) is 57.6 Å². The zero-order valence-corrected chi connectivity index (χ0v) is 12.2.